The van der Waals surface area contributed by atoms with Crippen LogP contribution in [0.4, 0.5) is 15.0 Å². The molecule has 1 saturated heterocycles. The standard InChI is InChI=1S/C17H21FN4O3/c1-16(2,3)25-15(24)22-8-6-17(11-19,7-9-22)14(23)21-13-5-4-12(18)10-20-13/h4-5,10H,6-9H2,1-3H3,(H,20,21,23). The Morgan fingerprint density at radius 1 is 1.36 bits per heavy atom. The van der Waals surface area contributed by atoms with Gasteiger partial charge in [0, 0.05) is 13.1 Å². The Kier molecular flexibility index (Phi) is 5.26. The first-order chi connectivity index (χ1) is 11.6. The van der Waals surface area contributed by atoms with Crippen molar-refractivity contribution in [1.82, 2.24) is 9.88 Å². The molecule has 0 atom stereocenters. The van der Waals surface area contributed by atoms with Gasteiger partial charge in [0.05, 0.1) is 12.3 Å². The zero-order valence-corrected chi connectivity index (χ0v) is 14.5. The van der Waals surface area contributed by atoms with E-state index in [0.29, 0.717) is 0 Å². The lowest BCUT2D eigenvalue weighted by Crippen LogP contribution is -2.48. The van der Waals surface area contributed by atoms with Crippen molar-refractivity contribution in [3.05, 3.63) is 24.1 Å². The van der Waals surface area contributed by atoms with E-state index in [1.165, 1.54) is 17.0 Å². The summed E-state index contributed by atoms with van der Waals surface area (Å²) < 4.78 is 18.2. The van der Waals surface area contributed by atoms with Crippen LogP contribution in [0.1, 0.15) is 33.6 Å². The molecule has 1 aromatic heterocycles. The topological polar surface area (TPSA) is 95.3 Å². The molecule has 0 spiro atoms. The van der Waals surface area contributed by atoms with Crippen LogP contribution in [-0.4, -0.2) is 40.6 Å². The molecular formula is C17H21FN4O3. The molecule has 7 nitrogen and oxygen atoms in total. The van der Waals surface area contributed by atoms with Crippen molar-refractivity contribution in [3.63, 3.8) is 0 Å². The molecule has 1 aliphatic rings. The number of nitrogens with one attached hydrogen (secondary N) is 1. The zero-order chi connectivity index (χ0) is 18.7. The third-order valence-electron chi connectivity index (χ3n) is 3.89. The first kappa shape index (κ1) is 18.6. The van der Waals surface area contributed by atoms with Gasteiger partial charge in [-0.1, -0.05) is 0 Å². The summed E-state index contributed by atoms with van der Waals surface area (Å²) in [6.45, 7) is 5.81. The molecule has 2 rings (SSSR count). The molecule has 0 unspecified atom stereocenters. The van der Waals surface area contributed by atoms with E-state index >= 15 is 0 Å². The predicted molar refractivity (Wildman–Crippen MR) is 87.9 cm³/mol. The van der Waals surface area contributed by atoms with Crippen LogP contribution in [0.2, 0.25) is 0 Å². The number of piperidine rings is 1. The maximum Gasteiger partial charge on any atom is 0.410 e. The molecule has 1 fully saturated rings. The van der Waals surface area contributed by atoms with E-state index in [0.717, 1.165) is 6.20 Å². The summed E-state index contributed by atoms with van der Waals surface area (Å²) >= 11 is 0. The molecule has 25 heavy (non-hydrogen) atoms. The van der Waals surface area contributed by atoms with E-state index < -0.39 is 28.8 Å². The monoisotopic (exact) mass is 348 g/mol. The number of likely N-dealkylation sites (tertiary alicyclic amines) is 1. The molecule has 1 aliphatic heterocycles. The quantitative estimate of drug-likeness (QED) is 0.886. The Bertz CT molecular complexity index is 683. The van der Waals surface area contributed by atoms with Crippen molar-refractivity contribution in [1.29, 1.82) is 5.26 Å². The summed E-state index contributed by atoms with van der Waals surface area (Å²) in [5.74, 6) is -0.841. The van der Waals surface area contributed by atoms with Crippen LogP contribution in [-0.2, 0) is 9.53 Å². The summed E-state index contributed by atoms with van der Waals surface area (Å²) in [5.41, 5.74) is -1.86. The number of hydrogen-bond acceptors (Lipinski definition) is 5. The number of hydrogen-bond donors (Lipinski definition) is 1. The number of nitrogens with zero attached hydrogens (tertiary/aromatic N) is 3. The van der Waals surface area contributed by atoms with Crippen molar-refractivity contribution in [2.24, 2.45) is 5.41 Å². The fourth-order valence-corrected chi connectivity index (χ4v) is 2.47. The minimum atomic E-state index is -1.26. The van der Waals surface area contributed by atoms with Crippen molar-refractivity contribution in [2.45, 2.75) is 39.2 Å². The number of nitriles is 1. The Morgan fingerprint density at radius 3 is 2.48 bits per heavy atom. The lowest BCUT2D eigenvalue weighted by atomic mass is 9.79. The molecule has 134 valence electrons. The van der Waals surface area contributed by atoms with Crippen LogP contribution in [0, 0.1) is 22.6 Å². The van der Waals surface area contributed by atoms with Gasteiger partial charge in [0.2, 0.25) is 5.91 Å². The van der Waals surface area contributed by atoms with Gasteiger partial charge in [-0.25, -0.2) is 14.2 Å². The van der Waals surface area contributed by atoms with E-state index in [-0.39, 0.29) is 31.7 Å². The maximum absolute atomic E-state index is 12.9. The summed E-state index contributed by atoms with van der Waals surface area (Å²) in [6.07, 6.45) is 0.908. The molecule has 0 aliphatic carbocycles. The molecule has 8 heteroatoms. The molecule has 0 aromatic carbocycles. The van der Waals surface area contributed by atoms with E-state index in [1.807, 2.05) is 0 Å². The number of rotatable bonds is 2. The Balaban J connectivity index is 2.00. The van der Waals surface area contributed by atoms with Crippen molar-refractivity contribution in [2.75, 3.05) is 18.4 Å². The number of carbonyl (C=O) groups is 2. The summed E-state index contributed by atoms with van der Waals surface area (Å²) in [5, 5.41) is 12.1. The van der Waals surface area contributed by atoms with Crippen LogP contribution < -0.4 is 5.32 Å². The summed E-state index contributed by atoms with van der Waals surface area (Å²) in [6, 6.07) is 4.56. The third kappa shape index (κ3) is 4.66. The van der Waals surface area contributed by atoms with Gasteiger partial charge in [-0.2, -0.15) is 5.26 Å². The number of anilines is 1. The van der Waals surface area contributed by atoms with Gasteiger partial charge in [0.15, 0.2) is 0 Å². The second kappa shape index (κ2) is 7.05. The fourth-order valence-electron chi connectivity index (χ4n) is 2.47. The van der Waals surface area contributed by atoms with E-state index in [2.05, 4.69) is 16.4 Å². The highest BCUT2D eigenvalue weighted by Crippen LogP contribution is 2.32. The normalized spacial score (nSPS) is 16.7. The molecule has 0 radical (unpaired) electrons. The minimum absolute atomic E-state index is 0.176. The second-order valence-electron chi connectivity index (χ2n) is 6.98. The highest BCUT2D eigenvalue weighted by Gasteiger charge is 2.43. The third-order valence-corrected chi connectivity index (χ3v) is 3.89. The van der Waals surface area contributed by atoms with E-state index in [4.69, 9.17) is 4.74 Å². The van der Waals surface area contributed by atoms with Gasteiger partial charge in [-0.15, -0.1) is 0 Å². The molecule has 0 saturated carbocycles. The number of amides is 2. The van der Waals surface area contributed by atoms with Crippen LogP contribution in [0.5, 0.6) is 0 Å². The SMILES string of the molecule is CC(C)(C)OC(=O)N1CCC(C#N)(C(=O)Nc2ccc(F)cn2)CC1. The summed E-state index contributed by atoms with van der Waals surface area (Å²) in [7, 11) is 0. The van der Waals surface area contributed by atoms with Gasteiger partial charge in [0.1, 0.15) is 22.7 Å². The average molecular weight is 348 g/mol. The zero-order valence-electron chi connectivity index (χ0n) is 14.5. The first-order valence-corrected chi connectivity index (χ1v) is 7.97. The largest absolute Gasteiger partial charge is 0.444 e. The van der Waals surface area contributed by atoms with Gasteiger partial charge >= 0.3 is 6.09 Å². The molecule has 2 heterocycles. The number of ether oxygens (including phenoxy) is 1. The first-order valence-electron chi connectivity index (χ1n) is 7.97. The Morgan fingerprint density at radius 2 is 2.00 bits per heavy atom. The lowest BCUT2D eigenvalue weighted by molar-refractivity contribution is -0.125. The number of aromatic nitrogens is 1. The van der Waals surface area contributed by atoms with E-state index in [9.17, 15) is 19.2 Å². The number of halogens is 1. The van der Waals surface area contributed by atoms with Gasteiger partial charge < -0.3 is 15.0 Å². The molecule has 2 amide bonds. The van der Waals surface area contributed by atoms with Crippen molar-refractivity contribution < 1.29 is 18.7 Å². The predicted octanol–water partition coefficient (Wildman–Crippen LogP) is 2.70. The van der Waals surface area contributed by atoms with Crippen LogP contribution in [0.25, 0.3) is 0 Å². The smallest absolute Gasteiger partial charge is 0.410 e. The van der Waals surface area contributed by atoms with Crippen LogP contribution in [0.15, 0.2) is 18.3 Å². The highest BCUT2D eigenvalue weighted by atomic mass is 19.1. The molecule has 1 aromatic rings. The van der Waals surface area contributed by atoms with Crippen molar-refractivity contribution in [3.8, 4) is 6.07 Å². The van der Waals surface area contributed by atoms with Gasteiger partial charge in [0.25, 0.3) is 0 Å². The fraction of sp³-hybridized carbons (Fsp3) is 0.529. The van der Waals surface area contributed by atoms with Crippen LogP contribution in [0.3, 0.4) is 0 Å². The number of pyridine rings is 1. The second-order valence-corrected chi connectivity index (χ2v) is 6.98. The molecule has 1 N–H and O–H groups in total. The Hall–Kier alpha value is -2.69. The van der Waals surface area contributed by atoms with Gasteiger partial charge in [-0.05, 0) is 45.7 Å². The van der Waals surface area contributed by atoms with Crippen molar-refractivity contribution >= 4 is 17.8 Å². The molecular weight excluding hydrogens is 327 g/mol. The average Bonchev–Trinajstić information content (AvgIpc) is 2.55. The van der Waals surface area contributed by atoms with Gasteiger partial charge in [-0.3, -0.25) is 4.79 Å². The van der Waals surface area contributed by atoms with Crippen LogP contribution >= 0.6 is 0 Å². The minimum Gasteiger partial charge on any atom is -0.444 e. The summed E-state index contributed by atoms with van der Waals surface area (Å²) in [4.78, 5) is 29.8. The maximum atomic E-state index is 12.9. The number of carbonyl (C=O) groups excluding carboxylic acids is 2. The Labute approximate surface area is 145 Å². The van der Waals surface area contributed by atoms with E-state index in [1.54, 1.807) is 20.8 Å². The highest BCUT2D eigenvalue weighted by molar-refractivity contribution is 5.96. The molecule has 0 bridgehead atoms. The lowest BCUT2D eigenvalue weighted by Gasteiger charge is -2.36.